The van der Waals surface area contributed by atoms with Gasteiger partial charge in [-0.05, 0) is 55.8 Å². The van der Waals surface area contributed by atoms with Crippen molar-refractivity contribution in [1.82, 2.24) is 0 Å². The van der Waals surface area contributed by atoms with Crippen LogP contribution in [0.2, 0.25) is 0 Å². The average molecular weight is 152 g/mol. The topological polar surface area (TPSA) is 20.2 Å². The third kappa shape index (κ3) is 0.807. The van der Waals surface area contributed by atoms with Gasteiger partial charge in [-0.1, -0.05) is 0 Å². The molecule has 1 N–H and O–H groups in total. The Labute approximate surface area is 67.8 Å². The van der Waals surface area contributed by atoms with Gasteiger partial charge in [0.05, 0.1) is 6.10 Å². The molecule has 0 saturated heterocycles. The second-order valence-corrected chi connectivity index (χ2v) is 4.90. The van der Waals surface area contributed by atoms with Crippen molar-refractivity contribution in [3.8, 4) is 0 Å². The first kappa shape index (κ1) is 6.47. The Morgan fingerprint density at radius 2 is 1.55 bits per heavy atom. The highest BCUT2D eigenvalue weighted by molar-refractivity contribution is 4.98. The molecule has 0 aliphatic heterocycles. The molecule has 0 spiro atoms. The quantitative estimate of drug-likeness (QED) is 0.561. The Morgan fingerprint density at radius 1 is 0.818 bits per heavy atom. The molecule has 0 amide bonds. The SMILES string of the molecule is O[C@@H]1C[C@H]2C[C@@H]3C[C@H](C2)[C@H]1C3. The first-order valence-electron chi connectivity index (χ1n) is 5.01. The summed E-state index contributed by atoms with van der Waals surface area (Å²) in [6.07, 6.45) is 6.87. The van der Waals surface area contributed by atoms with Crippen molar-refractivity contribution >= 4 is 0 Å². The molecule has 11 heavy (non-hydrogen) atoms. The van der Waals surface area contributed by atoms with Crippen LogP contribution in [0.15, 0.2) is 0 Å². The molecule has 0 aromatic heterocycles. The van der Waals surface area contributed by atoms with E-state index in [4.69, 9.17) is 0 Å². The predicted octanol–water partition coefficient (Wildman–Crippen LogP) is 1.80. The summed E-state index contributed by atoms with van der Waals surface area (Å²) in [5, 5.41) is 9.78. The number of aliphatic hydroxyl groups excluding tert-OH is 1. The van der Waals surface area contributed by atoms with Gasteiger partial charge >= 0.3 is 0 Å². The zero-order chi connectivity index (χ0) is 7.42. The fraction of sp³-hybridized carbons (Fsp3) is 1.00. The predicted molar refractivity (Wildman–Crippen MR) is 43.1 cm³/mol. The molecule has 3 bridgehead atoms. The lowest BCUT2D eigenvalue weighted by atomic mass is 9.71. The standard InChI is InChI=1S/C10H16O/c11-10-5-7-1-6-2-8(3-7)9(10)4-6/h6-11H,1-5H2/t6-,7+,8-,9-,10-/m1/s1. The van der Waals surface area contributed by atoms with Crippen LogP contribution in [0.5, 0.6) is 0 Å². The Bertz CT molecular complexity index is 173. The molecule has 0 heterocycles. The minimum Gasteiger partial charge on any atom is -0.393 e. The Kier molecular flexibility index (Phi) is 1.18. The van der Waals surface area contributed by atoms with Crippen molar-refractivity contribution in [2.75, 3.05) is 0 Å². The minimum absolute atomic E-state index is 0.0752. The minimum atomic E-state index is 0.0752. The molecule has 1 nitrogen and oxygen atoms in total. The second kappa shape index (κ2) is 2.01. The van der Waals surface area contributed by atoms with Crippen LogP contribution >= 0.6 is 0 Å². The molecule has 1 heteroatoms. The lowest BCUT2D eigenvalue weighted by molar-refractivity contribution is 0.0205. The molecule has 3 aliphatic rings. The largest absolute Gasteiger partial charge is 0.393 e. The van der Waals surface area contributed by atoms with Gasteiger partial charge in [-0.15, -0.1) is 0 Å². The summed E-state index contributed by atoms with van der Waals surface area (Å²) in [6, 6.07) is 0. The van der Waals surface area contributed by atoms with E-state index in [0.717, 1.165) is 24.2 Å². The van der Waals surface area contributed by atoms with Crippen LogP contribution in [0.1, 0.15) is 32.1 Å². The number of rotatable bonds is 0. The first-order valence-corrected chi connectivity index (χ1v) is 5.01. The molecule has 3 saturated carbocycles. The Morgan fingerprint density at radius 3 is 2.36 bits per heavy atom. The van der Waals surface area contributed by atoms with E-state index in [9.17, 15) is 5.11 Å². The second-order valence-electron chi connectivity index (χ2n) is 4.90. The molecule has 0 radical (unpaired) electrons. The normalized spacial score (nSPS) is 60.3. The number of hydrogen-bond donors (Lipinski definition) is 1. The zero-order valence-electron chi connectivity index (χ0n) is 6.87. The van der Waals surface area contributed by atoms with Crippen molar-refractivity contribution in [3.05, 3.63) is 0 Å². The van der Waals surface area contributed by atoms with Crippen molar-refractivity contribution in [3.63, 3.8) is 0 Å². The Hall–Kier alpha value is -0.0400. The van der Waals surface area contributed by atoms with Crippen LogP contribution in [-0.4, -0.2) is 11.2 Å². The highest BCUT2D eigenvalue weighted by Crippen LogP contribution is 2.54. The summed E-state index contributed by atoms with van der Waals surface area (Å²) in [7, 11) is 0. The fourth-order valence-electron chi connectivity index (χ4n) is 3.92. The maximum Gasteiger partial charge on any atom is 0.0573 e. The van der Waals surface area contributed by atoms with Crippen molar-refractivity contribution < 1.29 is 5.11 Å². The summed E-state index contributed by atoms with van der Waals surface area (Å²) in [5.74, 6) is 3.52. The van der Waals surface area contributed by atoms with Gasteiger partial charge < -0.3 is 5.11 Å². The molecule has 3 fully saturated rings. The average Bonchev–Trinajstić information content (AvgIpc) is 2.19. The summed E-state index contributed by atoms with van der Waals surface area (Å²) >= 11 is 0. The van der Waals surface area contributed by atoms with E-state index >= 15 is 0 Å². The molecular weight excluding hydrogens is 136 g/mol. The lowest BCUT2D eigenvalue weighted by Gasteiger charge is -2.36. The van der Waals surface area contributed by atoms with Crippen molar-refractivity contribution in [2.24, 2.45) is 23.7 Å². The maximum atomic E-state index is 9.78. The van der Waals surface area contributed by atoms with Gasteiger partial charge in [0.25, 0.3) is 0 Å². The fourth-order valence-corrected chi connectivity index (χ4v) is 3.92. The Balaban J connectivity index is 1.94. The molecule has 3 aliphatic carbocycles. The third-order valence-electron chi connectivity index (χ3n) is 4.22. The van der Waals surface area contributed by atoms with E-state index in [1.54, 1.807) is 0 Å². The first-order chi connectivity index (χ1) is 5.33. The number of aliphatic hydroxyl groups is 1. The van der Waals surface area contributed by atoms with Gasteiger partial charge in [-0.3, -0.25) is 0 Å². The number of fused-ring (bicyclic) bond motifs is 2. The van der Waals surface area contributed by atoms with Crippen LogP contribution in [0.4, 0.5) is 0 Å². The van der Waals surface area contributed by atoms with E-state index in [0.29, 0.717) is 5.92 Å². The van der Waals surface area contributed by atoms with Gasteiger partial charge in [0.1, 0.15) is 0 Å². The molecule has 0 aromatic rings. The van der Waals surface area contributed by atoms with Crippen LogP contribution in [0, 0.1) is 23.7 Å². The molecule has 3 rings (SSSR count). The van der Waals surface area contributed by atoms with Crippen LogP contribution < -0.4 is 0 Å². The lowest BCUT2D eigenvalue weighted by Crippen LogP contribution is -2.33. The summed E-state index contributed by atoms with van der Waals surface area (Å²) in [6.45, 7) is 0. The molecular formula is C10H16O. The number of hydrogen-bond acceptors (Lipinski definition) is 1. The molecule has 0 aromatic carbocycles. The third-order valence-corrected chi connectivity index (χ3v) is 4.22. The highest BCUT2D eigenvalue weighted by atomic mass is 16.3. The van der Waals surface area contributed by atoms with Crippen molar-refractivity contribution in [1.29, 1.82) is 0 Å². The highest BCUT2D eigenvalue weighted by Gasteiger charge is 2.48. The van der Waals surface area contributed by atoms with Gasteiger partial charge in [-0.25, -0.2) is 0 Å². The molecule has 0 unspecified atom stereocenters. The van der Waals surface area contributed by atoms with Gasteiger partial charge in [0.15, 0.2) is 0 Å². The zero-order valence-corrected chi connectivity index (χ0v) is 6.87. The van der Waals surface area contributed by atoms with E-state index in [1.165, 1.54) is 25.7 Å². The van der Waals surface area contributed by atoms with Crippen LogP contribution in [0.3, 0.4) is 0 Å². The molecule has 5 atom stereocenters. The van der Waals surface area contributed by atoms with E-state index in [-0.39, 0.29) is 6.10 Å². The summed E-state index contributed by atoms with van der Waals surface area (Å²) < 4.78 is 0. The van der Waals surface area contributed by atoms with Crippen LogP contribution in [-0.2, 0) is 0 Å². The smallest absolute Gasteiger partial charge is 0.0573 e. The van der Waals surface area contributed by atoms with Crippen LogP contribution in [0.25, 0.3) is 0 Å². The monoisotopic (exact) mass is 152 g/mol. The van der Waals surface area contributed by atoms with E-state index < -0.39 is 0 Å². The van der Waals surface area contributed by atoms with Gasteiger partial charge in [-0.2, -0.15) is 0 Å². The molecule has 62 valence electrons. The van der Waals surface area contributed by atoms with E-state index in [2.05, 4.69) is 0 Å². The van der Waals surface area contributed by atoms with Gasteiger partial charge in [0, 0.05) is 0 Å². The van der Waals surface area contributed by atoms with Gasteiger partial charge in [0.2, 0.25) is 0 Å². The van der Waals surface area contributed by atoms with E-state index in [1.807, 2.05) is 0 Å². The summed E-state index contributed by atoms with van der Waals surface area (Å²) in [5.41, 5.74) is 0. The maximum absolute atomic E-state index is 9.78. The van der Waals surface area contributed by atoms with Crippen molar-refractivity contribution in [2.45, 2.75) is 38.2 Å². The summed E-state index contributed by atoms with van der Waals surface area (Å²) in [4.78, 5) is 0.